The molecule has 0 saturated heterocycles. The van der Waals surface area contributed by atoms with Crippen LogP contribution < -0.4 is 0 Å². The molecule has 0 aliphatic heterocycles. The summed E-state index contributed by atoms with van der Waals surface area (Å²) in [5.74, 6) is 2.02. The van der Waals surface area contributed by atoms with E-state index in [0.29, 0.717) is 10.9 Å². The van der Waals surface area contributed by atoms with Gasteiger partial charge in [-0.25, -0.2) is 0 Å². The predicted molar refractivity (Wildman–Crippen MR) is 80.4 cm³/mol. The average Bonchev–Trinajstić information content (AvgIpc) is 2.93. The Kier molecular flexibility index (Phi) is 3.22. The minimum absolute atomic E-state index is 0.0368. The first kappa shape index (κ1) is 14.3. The first-order valence-corrected chi connectivity index (χ1v) is 6.67. The summed E-state index contributed by atoms with van der Waals surface area (Å²) in [6.07, 6.45) is 2.16. The molecule has 0 fully saturated rings. The number of nitrogens with one attached hydrogen (secondary N) is 1. The first-order valence-electron chi connectivity index (χ1n) is 6.67. The van der Waals surface area contributed by atoms with Crippen LogP contribution in [0.3, 0.4) is 0 Å². The fourth-order valence-electron chi connectivity index (χ4n) is 2.78. The van der Waals surface area contributed by atoms with Crippen molar-refractivity contribution in [3.8, 4) is 12.3 Å². The number of benzene rings is 2. The number of aromatic nitrogens is 1. The van der Waals surface area contributed by atoms with Gasteiger partial charge in [-0.15, -0.1) is 6.42 Å². The molecular formula is C18H12F3N. The monoisotopic (exact) mass is 299 g/mol. The van der Waals surface area contributed by atoms with Crippen molar-refractivity contribution < 1.29 is 13.2 Å². The summed E-state index contributed by atoms with van der Waals surface area (Å²) in [5.41, 5.74) is -1.77. The molecule has 2 aromatic carbocycles. The molecule has 1 nitrogen and oxygen atoms in total. The Morgan fingerprint density at radius 1 is 0.909 bits per heavy atom. The van der Waals surface area contributed by atoms with Gasteiger partial charge in [-0.3, -0.25) is 0 Å². The van der Waals surface area contributed by atoms with Gasteiger partial charge in [0.2, 0.25) is 0 Å². The molecule has 1 aromatic heterocycles. The Morgan fingerprint density at radius 2 is 1.55 bits per heavy atom. The van der Waals surface area contributed by atoms with Crippen LogP contribution in [-0.4, -0.2) is 11.2 Å². The lowest BCUT2D eigenvalue weighted by Gasteiger charge is -2.31. The molecule has 110 valence electrons. The number of aromatic amines is 1. The third-order valence-electron chi connectivity index (χ3n) is 3.84. The fourth-order valence-corrected chi connectivity index (χ4v) is 2.78. The second-order valence-corrected chi connectivity index (χ2v) is 5.01. The van der Waals surface area contributed by atoms with E-state index in [0.717, 1.165) is 0 Å². The minimum atomic E-state index is -4.62. The Morgan fingerprint density at radius 3 is 2.18 bits per heavy atom. The number of para-hydroxylation sites is 1. The smallest absolute Gasteiger partial charge is 0.361 e. The molecule has 0 saturated carbocycles. The molecule has 0 aliphatic carbocycles. The van der Waals surface area contributed by atoms with E-state index in [1.54, 1.807) is 42.5 Å². The standard InChI is InChI=1S/C18H12F3N/c1-2-17(18(19,20)21,13-8-4-3-5-9-13)15-12-22-16-11-7-6-10-14(15)16/h1,3-12,22H. The van der Waals surface area contributed by atoms with Crippen LogP contribution in [0.2, 0.25) is 0 Å². The zero-order chi connectivity index (χ0) is 15.8. The number of alkyl halides is 3. The highest BCUT2D eigenvalue weighted by molar-refractivity contribution is 5.86. The SMILES string of the molecule is C#CC(c1ccccc1)(c1c[nH]c2ccccc12)C(F)(F)F. The molecule has 1 atom stereocenters. The normalized spacial score (nSPS) is 14.5. The average molecular weight is 299 g/mol. The maximum atomic E-state index is 14.0. The third kappa shape index (κ3) is 1.90. The number of terminal acetylenes is 1. The van der Waals surface area contributed by atoms with Gasteiger partial charge in [0.05, 0.1) is 0 Å². The molecule has 4 heteroatoms. The topological polar surface area (TPSA) is 15.8 Å². The highest BCUT2D eigenvalue weighted by Crippen LogP contribution is 2.47. The van der Waals surface area contributed by atoms with Gasteiger partial charge in [0.1, 0.15) is 0 Å². The summed E-state index contributed by atoms with van der Waals surface area (Å²) in [5, 5.41) is 0.474. The van der Waals surface area contributed by atoms with Crippen LogP contribution >= 0.6 is 0 Å². The Labute approximate surface area is 125 Å². The van der Waals surface area contributed by atoms with Gasteiger partial charge in [-0.2, -0.15) is 13.2 Å². The second kappa shape index (κ2) is 4.96. The molecule has 0 radical (unpaired) electrons. The lowest BCUT2D eigenvalue weighted by atomic mass is 9.74. The van der Waals surface area contributed by atoms with Crippen LogP contribution in [0.25, 0.3) is 10.9 Å². The van der Waals surface area contributed by atoms with Crippen molar-refractivity contribution in [3.05, 3.63) is 71.9 Å². The van der Waals surface area contributed by atoms with Gasteiger partial charge >= 0.3 is 6.18 Å². The molecule has 22 heavy (non-hydrogen) atoms. The molecule has 0 aliphatic rings. The molecular weight excluding hydrogens is 287 g/mol. The summed E-state index contributed by atoms with van der Waals surface area (Å²) in [6, 6.07) is 14.4. The van der Waals surface area contributed by atoms with Gasteiger partial charge in [-0.05, 0) is 11.6 Å². The van der Waals surface area contributed by atoms with Crippen molar-refractivity contribution in [1.29, 1.82) is 0 Å². The lowest BCUT2D eigenvalue weighted by molar-refractivity contribution is -0.161. The quantitative estimate of drug-likeness (QED) is 0.663. The summed E-state index contributed by atoms with van der Waals surface area (Å²) < 4.78 is 42.0. The van der Waals surface area contributed by atoms with Crippen molar-refractivity contribution in [2.24, 2.45) is 0 Å². The van der Waals surface area contributed by atoms with Crippen LogP contribution in [0.4, 0.5) is 13.2 Å². The van der Waals surface area contributed by atoms with E-state index >= 15 is 0 Å². The molecule has 0 amide bonds. The second-order valence-electron chi connectivity index (χ2n) is 5.01. The summed E-state index contributed by atoms with van der Waals surface area (Å²) in [6.45, 7) is 0. The van der Waals surface area contributed by atoms with E-state index in [9.17, 15) is 13.2 Å². The van der Waals surface area contributed by atoms with Gasteiger partial charge in [0.15, 0.2) is 5.41 Å². The van der Waals surface area contributed by atoms with Crippen LogP contribution in [0, 0.1) is 12.3 Å². The summed E-state index contributed by atoms with van der Waals surface area (Å²) in [7, 11) is 0. The van der Waals surface area contributed by atoms with Gasteiger partial charge in [-0.1, -0.05) is 54.5 Å². The van der Waals surface area contributed by atoms with E-state index in [4.69, 9.17) is 6.42 Å². The van der Waals surface area contributed by atoms with E-state index < -0.39 is 11.6 Å². The molecule has 1 unspecified atom stereocenters. The van der Waals surface area contributed by atoms with Crippen LogP contribution in [0.5, 0.6) is 0 Å². The van der Waals surface area contributed by atoms with Crippen molar-refractivity contribution in [1.82, 2.24) is 4.98 Å². The highest BCUT2D eigenvalue weighted by atomic mass is 19.4. The molecule has 1 heterocycles. The summed E-state index contributed by atoms with van der Waals surface area (Å²) >= 11 is 0. The van der Waals surface area contributed by atoms with E-state index in [2.05, 4.69) is 4.98 Å². The predicted octanol–water partition coefficient (Wildman–Crippen LogP) is 4.65. The Hall–Kier alpha value is -2.67. The number of H-pyrrole nitrogens is 1. The molecule has 3 rings (SSSR count). The van der Waals surface area contributed by atoms with E-state index in [1.807, 2.05) is 5.92 Å². The van der Waals surface area contributed by atoms with Crippen LogP contribution in [-0.2, 0) is 5.41 Å². The minimum Gasteiger partial charge on any atom is -0.361 e. The zero-order valence-corrected chi connectivity index (χ0v) is 11.5. The number of hydrogen-bond acceptors (Lipinski definition) is 0. The third-order valence-corrected chi connectivity index (χ3v) is 3.84. The van der Waals surface area contributed by atoms with Crippen molar-refractivity contribution in [3.63, 3.8) is 0 Å². The Balaban J connectivity index is 2.39. The largest absolute Gasteiger partial charge is 0.413 e. The van der Waals surface area contributed by atoms with Crippen LogP contribution in [0.1, 0.15) is 11.1 Å². The van der Waals surface area contributed by atoms with Crippen molar-refractivity contribution in [2.45, 2.75) is 11.6 Å². The summed E-state index contributed by atoms with van der Waals surface area (Å²) in [4.78, 5) is 2.87. The van der Waals surface area contributed by atoms with Gasteiger partial charge in [0, 0.05) is 22.7 Å². The van der Waals surface area contributed by atoms with Crippen molar-refractivity contribution in [2.75, 3.05) is 0 Å². The van der Waals surface area contributed by atoms with E-state index in [1.165, 1.54) is 18.3 Å². The Bertz CT molecular complexity index is 840. The van der Waals surface area contributed by atoms with Crippen molar-refractivity contribution >= 4 is 10.9 Å². The maximum absolute atomic E-state index is 14.0. The highest BCUT2D eigenvalue weighted by Gasteiger charge is 2.57. The number of halogens is 3. The van der Waals surface area contributed by atoms with Gasteiger partial charge in [0.25, 0.3) is 0 Å². The fraction of sp³-hybridized carbons (Fsp3) is 0.111. The van der Waals surface area contributed by atoms with E-state index in [-0.39, 0.29) is 11.1 Å². The molecule has 0 spiro atoms. The number of fused-ring (bicyclic) bond motifs is 1. The maximum Gasteiger partial charge on any atom is 0.413 e. The molecule has 1 N–H and O–H groups in total. The lowest BCUT2D eigenvalue weighted by Crippen LogP contribution is -2.42. The molecule has 3 aromatic rings. The zero-order valence-electron chi connectivity index (χ0n) is 11.5. The number of rotatable bonds is 2. The molecule has 0 bridgehead atoms. The first-order chi connectivity index (χ1) is 10.5. The van der Waals surface area contributed by atoms with Gasteiger partial charge < -0.3 is 4.98 Å². The number of hydrogen-bond donors (Lipinski definition) is 1. The van der Waals surface area contributed by atoms with Crippen LogP contribution in [0.15, 0.2) is 60.8 Å².